The van der Waals surface area contributed by atoms with Crippen molar-refractivity contribution in [3.63, 3.8) is 0 Å². The molecule has 204 valence electrons. The van der Waals surface area contributed by atoms with Crippen molar-refractivity contribution in [1.29, 1.82) is 0 Å². The van der Waals surface area contributed by atoms with Crippen LogP contribution in [-0.4, -0.2) is 37.8 Å². The third-order valence-corrected chi connectivity index (χ3v) is 9.77. The van der Waals surface area contributed by atoms with E-state index in [4.69, 9.17) is 4.98 Å². The molecule has 0 spiro atoms. The van der Waals surface area contributed by atoms with E-state index in [1.807, 2.05) is 12.1 Å². The van der Waals surface area contributed by atoms with Crippen LogP contribution < -0.4 is 10.0 Å². The second-order valence-corrected chi connectivity index (χ2v) is 13.1. The molecule has 0 bridgehead atoms. The van der Waals surface area contributed by atoms with E-state index in [1.54, 1.807) is 18.3 Å². The summed E-state index contributed by atoms with van der Waals surface area (Å²) in [6.07, 6.45) is 3.42. The van der Waals surface area contributed by atoms with Gasteiger partial charge in [0.15, 0.2) is 10.0 Å². The van der Waals surface area contributed by atoms with E-state index in [0.29, 0.717) is 16.3 Å². The van der Waals surface area contributed by atoms with Crippen LogP contribution in [0.1, 0.15) is 74.3 Å². The van der Waals surface area contributed by atoms with Gasteiger partial charge >= 0.3 is 6.18 Å². The van der Waals surface area contributed by atoms with Gasteiger partial charge < -0.3 is 5.32 Å². The molecule has 0 saturated heterocycles. The van der Waals surface area contributed by atoms with Gasteiger partial charge in [-0.3, -0.25) is 4.79 Å². The van der Waals surface area contributed by atoms with Gasteiger partial charge in [-0.15, -0.1) is 11.3 Å². The molecule has 1 unspecified atom stereocenters. The largest absolute Gasteiger partial charge is 0.390 e. The molecule has 0 radical (unpaired) electrons. The minimum atomic E-state index is -4.40. The molecule has 0 aliphatic heterocycles. The van der Waals surface area contributed by atoms with Crippen LogP contribution in [0.4, 0.5) is 13.2 Å². The molecule has 2 fully saturated rings. The lowest BCUT2D eigenvalue weighted by molar-refractivity contribution is -0.145. The maximum absolute atomic E-state index is 13.2. The Bertz CT molecular complexity index is 1360. The highest BCUT2D eigenvalue weighted by molar-refractivity contribution is 7.83. The van der Waals surface area contributed by atoms with Crippen molar-refractivity contribution in [2.24, 2.45) is 5.92 Å². The fraction of sp³-hybridized carbons (Fsp3) is 0.519. The third kappa shape index (κ3) is 6.10. The van der Waals surface area contributed by atoms with E-state index in [0.717, 1.165) is 60.0 Å². The van der Waals surface area contributed by atoms with Crippen LogP contribution in [-0.2, 0) is 17.4 Å². The van der Waals surface area contributed by atoms with Gasteiger partial charge in [-0.2, -0.15) is 13.2 Å². The van der Waals surface area contributed by atoms with Crippen molar-refractivity contribution in [2.45, 2.75) is 88.0 Å². The van der Waals surface area contributed by atoms with Crippen LogP contribution in [0.25, 0.3) is 21.2 Å². The molecule has 2 saturated carbocycles. The molecule has 3 aromatic rings. The van der Waals surface area contributed by atoms with Crippen molar-refractivity contribution >= 4 is 39.0 Å². The first-order chi connectivity index (χ1) is 18.0. The maximum atomic E-state index is 13.2. The number of thiazole rings is 1. The minimum Gasteiger partial charge on any atom is -0.347 e. The lowest BCUT2D eigenvalue weighted by Gasteiger charge is -2.26. The van der Waals surface area contributed by atoms with Gasteiger partial charge in [0, 0.05) is 28.7 Å². The molecule has 38 heavy (non-hydrogen) atoms. The molecule has 2 N–H and O–H groups in total. The second kappa shape index (κ2) is 10.7. The zero-order valence-corrected chi connectivity index (χ0v) is 23.0. The Balaban J connectivity index is 1.50. The van der Waals surface area contributed by atoms with E-state index < -0.39 is 29.1 Å². The van der Waals surface area contributed by atoms with Gasteiger partial charge in [0.1, 0.15) is 11.0 Å². The van der Waals surface area contributed by atoms with Crippen LogP contribution in [0, 0.1) is 5.92 Å². The van der Waals surface area contributed by atoms with Gasteiger partial charge in [0.05, 0.1) is 17.0 Å². The summed E-state index contributed by atoms with van der Waals surface area (Å²) in [4.78, 5) is 23.1. The molecular weight excluding hydrogens is 533 g/mol. The molecule has 2 aliphatic carbocycles. The molecule has 6 nitrogen and oxygen atoms in total. The van der Waals surface area contributed by atoms with Gasteiger partial charge in [-0.25, -0.2) is 18.9 Å². The van der Waals surface area contributed by atoms with Crippen LogP contribution in [0.3, 0.4) is 0 Å². The summed E-state index contributed by atoms with van der Waals surface area (Å²) in [6.45, 7) is 2.74. The van der Waals surface area contributed by atoms with Gasteiger partial charge in [0.2, 0.25) is 0 Å². The number of aromatic nitrogens is 2. The summed E-state index contributed by atoms with van der Waals surface area (Å²) in [5.74, 6) is 0.372. The number of nitrogens with one attached hydrogen (secondary N) is 2. The van der Waals surface area contributed by atoms with Crippen LogP contribution in [0.5, 0.6) is 0 Å². The van der Waals surface area contributed by atoms with Crippen LogP contribution >= 0.6 is 11.3 Å². The summed E-state index contributed by atoms with van der Waals surface area (Å²) < 4.78 is 54.9. The summed E-state index contributed by atoms with van der Waals surface area (Å²) in [7, 11) is -1.97. The number of benzene rings is 1. The normalized spacial score (nSPS) is 17.7. The number of carbonyl (C=O) groups excluding carboxylic acids is 1. The Morgan fingerprint density at radius 2 is 1.79 bits per heavy atom. The number of carbonyl (C=O) groups is 1. The first-order valence-electron chi connectivity index (χ1n) is 12.9. The van der Waals surface area contributed by atoms with Crippen molar-refractivity contribution in [2.75, 3.05) is 0 Å². The Hall–Kier alpha value is -2.37. The number of fused-ring (bicyclic) bond motifs is 1. The van der Waals surface area contributed by atoms with E-state index >= 15 is 0 Å². The smallest absolute Gasteiger partial charge is 0.347 e. The predicted octanol–water partition coefficient (Wildman–Crippen LogP) is 6.33. The highest BCUT2D eigenvalue weighted by Crippen LogP contribution is 2.40. The molecule has 1 atom stereocenters. The van der Waals surface area contributed by atoms with Crippen molar-refractivity contribution in [1.82, 2.24) is 20.0 Å². The molecule has 1 aromatic carbocycles. The summed E-state index contributed by atoms with van der Waals surface area (Å²) in [6, 6.07) is 7.50. The molecule has 5 rings (SSSR count). The Morgan fingerprint density at radius 3 is 2.39 bits per heavy atom. The summed E-state index contributed by atoms with van der Waals surface area (Å²) in [5, 5.41) is 5.02. The maximum Gasteiger partial charge on any atom is 0.390 e. The zero-order valence-electron chi connectivity index (χ0n) is 21.4. The van der Waals surface area contributed by atoms with E-state index in [-0.39, 0.29) is 17.0 Å². The quantitative estimate of drug-likeness (QED) is 0.318. The average molecular weight is 565 g/mol. The highest BCUT2D eigenvalue weighted by Gasteiger charge is 2.38. The number of nitrogens with zero attached hydrogens (tertiary/aromatic N) is 2. The van der Waals surface area contributed by atoms with Gasteiger partial charge in [0.25, 0.3) is 5.91 Å². The average Bonchev–Trinajstić information content (AvgIpc) is 3.19. The fourth-order valence-corrected chi connectivity index (χ4v) is 7.12. The Labute approximate surface area is 226 Å². The lowest BCUT2D eigenvalue weighted by atomic mass is 9.82. The number of pyridine rings is 1. The molecule has 2 heterocycles. The van der Waals surface area contributed by atoms with E-state index in [9.17, 15) is 22.2 Å². The van der Waals surface area contributed by atoms with E-state index in [2.05, 4.69) is 15.0 Å². The number of amides is 1. The summed E-state index contributed by atoms with van der Waals surface area (Å²) >= 11 is 1.34. The topological polar surface area (TPSA) is 84.0 Å². The van der Waals surface area contributed by atoms with Crippen molar-refractivity contribution in [3.8, 4) is 10.4 Å². The SMILES string of the molecule is CC(C)(CC(F)(F)F)NS(=O)c1ncc(-c2sc(C(=O)NC3CCC3)nc2CC2CCC2)c2ccccc12. The first kappa shape index (κ1) is 27.2. The Morgan fingerprint density at radius 1 is 1.11 bits per heavy atom. The molecular formula is C27H31F3N4O2S2. The van der Waals surface area contributed by atoms with Crippen LogP contribution in [0.15, 0.2) is 35.5 Å². The zero-order chi connectivity index (χ0) is 27.1. The summed E-state index contributed by atoms with van der Waals surface area (Å²) in [5.41, 5.74) is 0.204. The molecule has 2 aromatic heterocycles. The van der Waals surface area contributed by atoms with Crippen LogP contribution in [0.2, 0.25) is 0 Å². The third-order valence-electron chi connectivity index (χ3n) is 7.23. The number of hydrogen-bond donors (Lipinski definition) is 2. The second-order valence-electron chi connectivity index (χ2n) is 11.0. The number of alkyl halides is 3. The van der Waals surface area contributed by atoms with Crippen molar-refractivity contribution < 1.29 is 22.2 Å². The Kier molecular flexibility index (Phi) is 7.63. The lowest BCUT2D eigenvalue weighted by Crippen LogP contribution is -2.44. The number of rotatable bonds is 9. The van der Waals surface area contributed by atoms with Gasteiger partial charge in [-0.1, -0.05) is 43.5 Å². The molecule has 1 amide bonds. The van der Waals surface area contributed by atoms with E-state index in [1.165, 1.54) is 31.6 Å². The number of hydrogen-bond acceptors (Lipinski definition) is 5. The standard InChI is InChI=1S/C27H31F3N4O2S2/c1-26(2,15-27(28,29)30)34-38(36)25-19-12-4-3-11-18(19)20(14-31-25)22-21(13-16-7-5-8-16)33-24(37-22)23(35)32-17-9-6-10-17/h3-4,11-12,14,16-17,34H,5-10,13,15H2,1-2H3,(H,32,35). The minimum absolute atomic E-state index is 0.160. The molecule has 2 aliphatic rings. The van der Waals surface area contributed by atoms with Gasteiger partial charge in [-0.05, 0) is 50.8 Å². The molecule has 11 heteroatoms. The fourth-order valence-electron chi connectivity index (χ4n) is 4.90. The predicted molar refractivity (Wildman–Crippen MR) is 143 cm³/mol. The number of halogens is 3. The monoisotopic (exact) mass is 564 g/mol. The van der Waals surface area contributed by atoms with Crippen molar-refractivity contribution in [3.05, 3.63) is 41.2 Å². The highest BCUT2D eigenvalue weighted by atomic mass is 32.2. The first-order valence-corrected chi connectivity index (χ1v) is 14.9.